The summed E-state index contributed by atoms with van der Waals surface area (Å²) in [7, 11) is 1.66. The van der Waals surface area contributed by atoms with E-state index in [1.807, 2.05) is 49.4 Å². The van der Waals surface area contributed by atoms with E-state index >= 15 is 0 Å². The van der Waals surface area contributed by atoms with Gasteiger partial charge in [0, 0.05) is 11.1 Å². The third-order valence-electron chi connectivity index (χ3n) is 3.50. The molecule has 0 fully saturated rings. The van der Waals surface area contributed by atoms with E-state index < -0.39 is 0 Å². The highest BCUT2D eigenvalue weighted by Gasteiger charge is 2.07. The maximum absolute atomic E-state index is 9.14. The minimum absolute atomic E-state index is 0.395. The van der Waals surface area contributed by atoms with Crippen molar-refractivity contribution in [2.75, 3.05) is 12.4 Å². The first-order valence-electron chi connectivity index (χ1n) is 6.93. The van der Waals surface area contributed by atoms with Gasteiger partial charge in [-0.15, -0.1) is 0 Å². The molecule has 1 aromatic heterocycles. The molecule has 4 nitrogen and oxygen atoms in total. The van der Waals surface area contributed by atoms with Gasteiger partial charge in [0.1, 0.15) is 17.5 Å². The normalized spacial score (nSPS) is 10.2. The van der Waals surface area contributed by atoms with E-state index in [1.54, 1.807) is 13.2 Å². The van der Waals surface area contributed by atoms with Gasteiger partial charge in [-0.2, -0.15) is 5.26 Å². The van der Waals surface area contributed by atoms with Crippen LogP contribution in [0, 0.1) is 18.3 Å². The molecule has 4 heteroatoms. The standard InChI is InChI=1S/C18H15N3O/c1-12-9-13(7-8-18(12)22-2)20-17-10-14(11-19)21-16-6-4-3-5-15(16)17/h3-10H,1-2H3,(H,20,21). The van der Waals surface area contributed by atoms with Crippen molar-refractivity contribution in [1.29, 1.82) is 5.26 Å². The lowest BCUT2D eigenvalue weighted by Gasteiger charge is -2.12. The number of para-hydroxylation sites is 1. The number of hydrogen-bond acceptors (Lipinski definition) is 4. The number of anilines is 2. The summed E-state index contributed by atoms with van der Waals surface area (Å²) in [6.45, 7) is 2.00. The predicted octanol–water partition coefficient (Wildman–Crippen LogP) is 4.17. The molecule has 0 atom stereocenters. The number of aryl methyl sites for hydroxylation is 1. The Kier molecular flexibility index (Phi) is 3.63. The van der Waals surface area contributed by atoms with Crippen LogP contribution in [0.25, 0.3) is 10.9 Å². The Balaban J connectivity index is 2.07. The number of nitrogens with zero attached hydrogens (tertiary/aromatic N) is 2. The monoisotopic (exact) mass is 289 g/mol. The van der Waals surface area contributed by atoms with Crippen molar-refractivity contribution in [1.82, 2.24) is 4.98 Å². The molecule has 22 heavy (non-hydrogen) atoms. The van der Waals surface area contributed by atoms with Gasteiger partial charge in [0.05, 0.1) is 18.3 Å². The number of pyridine rings is 1. The van der Waals surface area contributed by atoms with Gasteiger partial charge in [-0.05, 0) is 42.8 Å². The molecule has 0 aliphatic carbocycles. The summed E-state index contributed by atoms with van der Waals surface area (Å²) in [5.74, 6) is 0.850. The van der Waals surface area contributed by atoms with E-state index in [0.717, 1.165) is 33.6 Å². The smallest absolute Gasteiger partial charge is 0.143 e. The van der Waals surface area contributed by atoms with Crippen LogP contribution in [0.15, 0.2) is 48.5 Å². The van der Waals surface area contributed by atoms with Gasteiger partial charge in [0.2, 0.25) is 0 Å². The zero-order chi connectivity index (χ0) is 15.5. The second kappa shape index (κ2) is 5.74. The summed E-state index contributed by atoms with van der Waals surface area (Å²) in [5, 5.41) is 13.5. The maximum atomic E-state index is 9.14. The van der Waals surface area contributed by atoms with Gasteiger partial charge in [-0.25, -0.2) is 4.98 Å². The largest absolute Gasteiger partial charge is 0.496 e. The topological polar surface area (TPSA) is 57.9 Å². The lowest BCUT2D eigenvalue weighted by atomic mass is 10.1. The van der Waals surface area contributed by atoms with Crippen LogP contribution in [0.2, 0.25) is 0 Å². The highest BCUT2D eigenvalue weighted by atomic mass is 16.5. The number of fused-ring (bicyclic) bond motifs is 1. The van der Waals surface area contributed by atoms with E-state index in [2.05, 4.69) is 16.4 Å². The lowest BCUT2D eigenvalue weighted by molar-refractivity contribution is 0.412. The molecule has 108 valence electrons. The summed E-state index contributed by atoms with van der Waals surface area (Å²) >= 11 is 0. The van der Waals surface area contributed by atoms with Crippen LogP contribution in [0.1, 0.15) is 11.3 Å². The van der Waals surface area contributed by atoms with E-state index in [9.17, 15) is 0 Å². The Morgan fingerprint density at radius 2 is 1.95 bits per heavy atom. The molecular formula is C18H15N3O. The minimum Gasteiger partial charge on any atom is -0.496 e. The Morgan fingerprint density at radius 1 is 1.14 bits per heavy atom. The van der Waals surface area contributed by atoms with Crippen molar-refractivity contribution < 1.29 is 4.74 Å². The zero-order valence-corrected chi connectivity index (χ0v) is 12.4. The molecule has 0 bridgehead atoms. The number of hydrogen-bond donors (Lipinski definition) is 1. The Labute approximate surface area is 129 Å². The number of ether oxygens (including phenoxy) is 1. The van der Waals surface area contributed by atoms with Gasteiger partial charge in [0.15, 0.2) is 0 Å². The first kappa shape index (κ1) is 13.9. The minimum atomic E-state index is 0.395. The summed E-state index contributed by atoms with van der Waals surface area (Å²) in [6, 6.07) is 17.5. The first-order valence-corrected chi connectivity index (χ1v) is 6.93. The molecular weight excluding hydrogens is 274 g/mol. The van der Waals surface area contributed by atoms with Crippen LogP contribution in [-0.2, 0) is 0 Å². The van der Waals surface area contributed by atoms with Crippen molar-refractivity contribution in [3.63, 3.8) is 0 Å². The summed E-state index contributed by atoms with van der Waals surface area (Å²) in [6.07, 6.45) is 0. The molecule has 2 aromatic carbocycles. The third kappa shape index (κ3) is 2.57. The van der Waals surface area contributed by atoms with Crippen LogP contribution >= 0.6 is 0 Å². The Hall–Kier alpha value is -3.06. The van der Waals surface area contributed by atoms with Crippen LogP contribution in [0.4, 0.5) is 11.4 Å². The maximum Gasteiger partial charge on any atom is 0.143 e. The fourth-order valence-corrected chi connectivity index (χ4v) is 2.45. The number of nitriles is 1. The number of rotatable bonds is 3. The summed E-state index contributed by atoms with van der Waals surface area (Å²) in [5.41, 5.74) is 4.05. The second-order valence-corrected chi connectivity index (χ2v) is 4.99. The van der Waals surface area contributed by atoms with Crippen LogP contribution in [0.5, 0.6) is 5.75 Å². The van der Waals surface area contributed by atoms with Crippen molar-refractivity contribution in [3.05, 3.63) is 59.8 Å². The zero-order valence-electron chi connectivity index (χ0n) is 12.4. The number of benzene rings is 2. The SMILES string of the molecule is COc1ccc(Nc2cc(C#N)nc3ccccc23)cc1C. The van der Waals surface area contributed by atoms with Crippen LogP contribution < -0.4 is 10.1 Å². The predicted molar refractivity (Wildman–Crippen MR) is 87.5 cm³/mol. The highest BCUT2D eigenvalue weighted by Crippen LogP contribution is 2.28. The third-order valence-corrected chi connectivity index (χ3v) is 3.50. The average Bonchev–Trinajstić information content (AvgIpc) is 2.55. The number of aromatic nitrogens is 1. The Morgan fingerprint density at radius 3 is 2.68 bits per heavy atom. The van der Waals surface area contributed by atoms with Gasteiger partial charge >= 0.3 is 0 Å². The molecule has 0 saturated heterocycles. The Bertz CT molecular complexity index is 881. The van der Waals surface area contributed by atoms with Crippen molar-refractivity contribution in [3.8, 4) is 11.8 Å². The molecule has 0 aliphatic rings. The molecule has 0 unspecified atom stereocenters. The molecule has 0 aliphatic heterocycles. The summed E-state index contributed by atoms with van der Waals surface area (Å²) < 4.78 is 5.28. The van der Waals surface area contributed by atoms with Crippen molar-refractivity contribution >= 4 is 22.3 Å². The van der Waals surface area contributed by atoms with Gasteiger partial charge < -0.3 is 10.1 Å². The molecule has 0 spiro atoms. The van der Waals surface area contributed by atoms with Gasteiger partial charge in [0.25, 0.3) is 0 Å². The van der Waals surface area contributed by atoms with E-state index in [0.29, 0.717) is 5.69 Å². The highest BCUT2D eigenvalue weighted by molar-refractivity contribution is 5.93. The lowest BCUT2D eigenvalue weighted by Crippen LogP contribution is -1.96. The van der Waals surface area contributed by atoms with Crippen molar-refractivity contribution in [2.24, 2.45) is 0 Å². The molecule has 3 rings (SSSR count). The van der Waals surface area contributed by atoms with Crippen LogP contribution in [-0.4, -0.2) is 12.1 Å². The molecule has 3 aromatic rings. The van der Waals surface area contributed by atoms with E-state index in [-0.39, 0.29) is 0 Å². The first-order chi connectivity index (χ1) is 10.7. The van der Waals surface area contributed by atoms with Crippen molar-refractivity contribution in [2.45, 2.75) is 6.92 Å². The number of nitrogens with one attached hydrogen (secondary N) is 1. The van der Waals surface area contributed by atoms with E-state index in [4.69, 9.17) is 10.00 Å². The molecule has 0 radical (unpaired) electrons. The molecule has 0 amide bonds. The molecule has 0 saturated carbocycles. The summed E-state index contributed by atoms with van der Waals surface area (Å²) in [4.78, 5) is 4.32. The van der Waals surface area contributed by atoms with Gasteiger partial charge in [-0.1, -0.05) is 18.2 Å². The second-order valence-electron chi connectivity index (χ2n) is 4.99. The fourth-order valence-electron chi connectivity index (χ4n) is 2.45. The molecule has 1 heterocycles. The average molecular weight is 289 g/mol. The fraction of sp³-hybridized carbons (Fsp3) is 0.111. The molecule has 1 N–H and O–H groups in total. The van der Waals surface area contributed by atoms with Gasteiger partial charge in [-0.3, -0.25) is 0 Å². The van der Waals surface area contributed by atoms with Crippen LogP contribution in [0.3, 0.4) is 0 Å². The number of methoxy groups -OCH3 is 1. The quantitative estimate of drug-likeness (QED) is 0.786. The van der Waals surface area contributed by atoms with E-state index in [1.165, 1.54) is 0 Å².